The lowest BCUT2D eigenvalue weighted by atomic mass is 10.0. The van der Waals surface area contributed by atoms with Crippen molar-refractivity contribution in [1.82, 2.24) is 9.88 Å². The Hall–Kier alpha value is -2.99. The fourth-order valence-electron chi connectivity index (χ4n) is 3.17. The number of aromatic nitrogens is 1. The second kappa shape index (κ2) is 10.7. The summed E-state index contributed by atoms with van der Waals surface area (Å²) < 4.78 is 0. The minimum absolute atomic E-state index is 0.0155. The van der Waals surface area contributed by atoms with Crippen LogP contribution in [-0.4, -0.2) is 34.8 Å². The SMILES string of the molecule is CCCCCN(CC(=O)Nc1ncc(C)s1)C(=O)c1ccc(-c2ccccc2)cc1. The summed E-state index contributed by atoms with van der Waals surface area (Å²) in [5, 5.41) is 3.36. The Bertz CT molecular complexity index is 968. The Morgan fingerprint density at radius 3 is 2.33 bits per heavy atom. The highest BCUT2D eigenvalue weighted by molar-refractivity contribution is 7.15. The van der Waals surface area contributed by atoms with Crippen molar-refractivity contribution in [2.24, 2.45) is 0 Å². The van der Waals surface area contributed by atoms with E-state index in [4.69, 9.17) is 0 Å². The predicted molar refractivity (Wildman–Crippen MR) is 123 cm³/mol. The van der Waals surface area contributed by atoms with Crippen LogP contribution in [-0.2, 0) is 4.79 Å². The molecule has 0 saturated carbocycles. The van der Waals surface area contributed by atoms with Crippen LogP contribution in [0.25, 0.3) is 11.1 Å². The molecule has 0 aliphatic carbocycles. The largest absolute Gasteiger partial charge is 0.329 e. The maximum absolute atomic E-state index is 13.1. The van der Waals surface area contributed by atoms with E-state index in [2.05, 4.69) is 17.2 Å². The van der Waals surface area contributed by atoms with Crippen LogP contribution >= 0.6 is 11.3 Å². The monoisotopic (exact) mass is 421 g/mol. The molecule has 0 atom stereocenters. The van der Waals surface area contributed by atoms with Gasteiger partial charge in [0.15, 0.2) is 5.13 Å². The molecular formula is C24H27N3O2S. The van der Waals surface area contributed by atoms with Gasteiger partial charge in [-0.2, -0.15) is 0 Å². The molecule has 0 aliphatic rings. The average Bonchev–Trinajstić information content (AvgIpc) is 3.17. The second-order valence-corrected chi connectivity index (χ2v) is 8.44. The van der Waals surface area contributed by atoms with Gasteiger partial charge in [0.1, 0.15) is 6.54 Å². The number of nitrogens with one attached hydrogen (secondary N) is 1. The van der Waals surface area contributed by atoms with Gasteiger partial charge in [-0.1, -0.05) is 62.2 Å². The van der Waals surface area contributed by atoms with Crippen LogP contribution in [0.5, 0.6) is 0 Å². The van der Waals surface area contributed by atoms with Gasteiger partial charge in [0.25, 0.3) is 5.91 Å². The van der Waals surface area contributed by atoms with Crippen LogP contribution in [0, 0.1) is 6.92 Å². The number of nitrogens with zero attached hydrogens (tertiary/aromatic N) is 2. The smallest absolute Gasteiger partial charge is 0.254 e. The molecule has 156 valence electrons. The highest BCUT2D eigenvalue weighted by Crippen LogP contribution is 2.20. The van der Waals surface area contributed by atoms with E-state index in [1.165, 1.54) is 11.3 Å². The quantitative estimate of drug-likeness (QED) is 0.471. The minimum atomic E-state index is -0.227. The normalized spacial score (nSPS) is 10.6. The van der Waals surface area contributed by atoms with Gasteiger partial charge in [-0.15, -0.1) is 11.3 Å². The van der Waals surface area contributed by atoms with Crippen molar-refractivity contribution < 1.29 is 9.59 Å². The third kappa shape index (κ3) is 6.00. The zero-order chi connectivity index (χ0) is 21.3. The van der Waals surface area contributed by atoms with E-state index in [1.807, 2.05) is 61.5 Å². The van der Waals surface area contributed by atoms with Crippen LogP contribution in [0.15, 0.2) is 60.8 Å². The molecule has 1 aromatic heterocycles. The molecule has 6 heteroatoms. The van der Waals surface area contributed by atoms with Crippen molar-refractivity contribution >= 4 is 28.3 Å². The number of amides is 2. The van der Waals surface area contributed by atoms with Crippen LogP contribution in [0.1, 0.15) is 41.4 Å². The zero-order valence-electron chi connectivity index (χ0n) is 17.4. The molecule has 30 heavy (non-hydrogen) atoms. The lowest BCUT2D eigenvalue weighted by Crippen LogP contribution is -2.38. The number of hydrogen-bond donors (Lipinski definition) is 1. The molecule has 0 aliphatic heterocycles. The van der Waals surface area contributed by atoms with E-state index in [1.54, 1.807) is 11.1 Å². The van der Waals surface area contributed by atoms with Gasteiger partial charge in [0.2, 0.25) is 5.91 Å². The summed E-state index contributed by atoms with van der Waals surface area (Å²) in [6.07, 6.45) is 4.66. The Morgan fingerprint density at radius 1 is 1.00 bits per heavy atom. The summed E-state index contributed by atoms with van der Waals surface area (Å²) in [6.45, 7) is 4.62. The maximum Gasteiger partial charge on any atom is 0.254 e. The first-order valence-electron chi connectivity index (χ1n) is 10.2. The summed E-state index contributed by atoms with van der Waals surface area (Å²) in [4.78, 5) is 32.4. The van der Waals surface area contributed by atoms with E-state index in [-0.39, 0.29) is 18.4 Å². The van der Waals surface area contributed by atoms with Crippen molar-refractivity contribution in [2.75, 3.05) is 18.4 Å². The average molecular weight is 422 g/mol. The molecule has 0 bridgehead atoms. The highest BCUT2D eigenvalue weighted by Gasteiger charge is 2.19. The fraction of sp³-hybridized carbons (Fsp3) is 0.292. The molecule has 3 rings (SSSR count). The molecule has 0 saturated heterocycles. The molecule has 2 aromatic carbocycles. The summed E-state index contributed by atoms with van der Waals surface area (Å²) in [6, 6.07) is 17.6. The number of carbonyl (C=O) groups excluding carboxylic acids is 2. The highest BCUT2D eigenvalue weighted by atomic mass is 32.1. The van der Waals surface area contributed by atoms with Gasteiger partial charge in [-0.3, -0.25) is 9.59 Å². The standard InChI is InChI=1S/C24H27N3O2S/c1-3-4-8-15-27(17-22(28)26-24-25-16-18(2)30-24)23(29)21-13-11-20(12-14-21)19-9-6-5-7-10-19/h5-7,9-14,16H,3-4,8,15,17H2,1-2H3,(H,25,26,28). The molecule has 0 radical (unpaired) electrons. The molecular weight excluding hydrogens is 394 g/mol. The Balaban J connectivity index is 1.70. The zero-order valence-corrected chi connectivity index (χ0v) is 18.2. The number of benzene rings is 2. The lowest BCUT2D eigenvalue weighted by molar-refractivity contribution is -0.116. The Morgan fingerprint density at radius 2 is 1.70 bits per heavy atom. The molecule has 2 amide bonds. The summed E-state index contributed by atoms with van der Waals surface area (Å²) in [7, 11) is 0. The van der Waals surface area contributed by atoms with Crippen LogP contribution < -0.4 is 5.32 Å². The van der Waals surface area contributed by atoms with Crippen molar-refractivity contribution in [3.8, 4) is 11.1 Å². The lowest BCUT2D eigenvalue weighted by Gasteiger charge is -2.22. The first kappa shape index (κ1) is 21.7. The van der Waals surface area contributed by atoms with Gasteiger partial charge in [-0.25, -0.2) is 4.98 Å². The van der Waals surface area contributed by atoms with Gasteiger partial charge < -0.3 is 10.2 Å². The molecule has 0 unspecified atom stereocenters. The topological polar surface area (TPSA) is 62.3 Å². The van der Waals surface area contributed by atoms with Crippen LogP contribution in [0.3, 0.4) is 0 Å². The maximum atomic E-state index is 13.1. The van der Waals surface area contributed by atoms with Crippen molar-refractivity contribution in [3.05, 3.63) is 71.2 Å². The number of thiazole rings is 1. The third-order valence-electron chi connectivity index (χ3n) is 4.76. The van der Waals surface area contributed by atoms with Crippen LogP contribution in [0.2, 0.25) is 0 Å². The second-order valence-electron chi connectivity index (χ2n) is 7.20. The van der Waals surface area contributed by atoms with E-state index in [9.17, 15) is 9.59 Å². The summed E-state index contributed by atoms with van der Waals surface area (Å²) in [5.74, 6) is -0.355. The number of hydrogen-bond acceptors (Lipinski definition) is 4. The minimum Gasteiger partial charge on any atom is -0.329 e. The van der Waals surface area contributed by atoms with Crippen molar-refractivity contribution in [1.29, 1.82) is 0 Å². The first-order chi connectivity index (χ1) is 14.6. The van der Waals surface area contributed by atoms with Crippen molar-refractivity contribution in [2.45, 2.75) is 33.1 Å². The van der Waals surface area contributed by atoms with E-state index in [0.29, 0.717) is 17.2 Å². The van der Waals surface area contributed by atoms with E-state index in [0.717, 1.165) is 35.3 Å². The molecule has 0 spiro atoms. The van der Waals surface area contributed by atoms with E-state index >= 15 is 0 Å². The van der Waals surface area contributed by atoms with Gasteiger partial charge in [-0.05, 0) is 36.6 Å². The number of unbranched alkanes of at least 4 members (excludes halogenated alkanes) is 2. The summed E-state index contributed by atoms with van der Waals surface area (Å²) >= 11 is 1.42. The van der Waals surface area contributed by atoms with Gasteiger partial charge in [0, 0.05) is 23.2 Å². The molecule has 3 aromatic rings. The number of rotatable bonds is 9. The molecule has 5 nitrogen and oxygen atoms in total. The third-order valence-corrected chi connectivity index (χ3v) is 5.59. The summed E-state index contributed by atoms with van der Waals surface area (Å²) in [5.41, 5.74) is 2.75. The number of carbonyl (C=O) groups is 2. The number of anilines is 1. The Kier molecular flexibility index (Phi) is 7.74. The molecule has 1 heterocycles. The first-order valence-corrected chi connectivity index (χ1v) is 11.1. The van der Waals surface area contributed by atoms with Gasteiger partial charge >= 0.3 is 0 Å². The molecule has 0 fully saturated rings. The molecule has 1 N–H and O–H groups in total. The van der Waals surface area contributed by atoms with Crippen LogP contribution in [0.4, 0.5) is 5.13 Å². The fourth-order valence-corrected chi connectivity index (χ4v) is 3.85. The Labute approximate surface area is 181 Å². The van der Waals surface area contributed by atoms with Crippen molar-refractivity contribution in [3.63, 3.8) is 0 Å². The van der Waals surface area contributed by atoms with E-state index < -0.39 is 0 Å². The predicted octanol–water partition coefficient (Wildman–Crippen LogP) is 5.39. The number of aryl methyl sites for hydroxylation is 1. The van der Waals surface area contributed by atoms with Gasteiger partial charge in [0.05, 0.1) is 0 Å².